The molecule has 1 atom stereocenters. The summed E-state index contributed by atoms with van der Waals surface area (Å²) in [5.74, 6) is 0.385. The molecule has 0 amide bonds. The van der Waals surface area contributed by atoms with E-state index in [0.717, 1.165) is 37.7 Å². The smallest absolute Gasteiger partial charge is 0.334 e. The molecule has 2 aliphatic rings. The highest BCUT2D eigenvalue weighted by atomic mass is 16.5. The Labute approximate surface area is 134 Å². The minimum atomic E-state index is -0.123. The molecule has 1 aliphatic carbocycles. The van der Waals surface area contributed by atoms with Crippen LogP contribution in [0.4, 0.5) is 0 Å². The van der Waals surface area contributed by atoms with Crippen LogP contribution in [0.2, 0.25) is 0 Å². The fourth-order valence-corrected chi connectivity index (χ4v) is 2.95. The number of esters is 1. The summed E-state index contributed by atoms with van der Waals surface area (Å²) >= 11 is 0. The van der Waals surface area contributed by atoms with Crippen molar-refractivity contribution in [3.63, 3.8) is 0 Å². The molecule has 0 aromatic heterocycles. The van der Waals surface area contributed by atoms with E-state index in [4.69, 9.17) is 4.74 Å². The fourth-order valence-electron chi connectivity index (χ4n) is 2.95. The summed E-state index contributed by atoms with van der Waals surface area (Å²) in [5.41, 5.74) is 4.97. The Bertz CT molecular complexity index is 544. The lowest BCUT2D eigenvalue weighted by Gasteiger charge is -2.11. The molecule has 2 rings (SSSR count). The Morgan fingerprint density at radius 1 is 1.09 bits per heavy atom. The molecule has 1 aliphatic heterocycles. The van der Waals surface area contributed by atoms with Crippen LogP contribution in [0.15, 0.2) is 46.6 Å². The zero-order valence-electron chi connectivity index (χ0n) is 14.3. The molecule has 1 heterocycles. The van der Waals surface area contributed by atoms with E-state index in [1.807, 2.05) is 6.08 Å². The number of allylic oxidation sites excluding steroid dienone is 5. The van der Waals surface area contributed by atoms with Crippen LogP contribution in [0.1, 0.15) is 59.8 Å². The lowest BCUT2D eigenvalue weighted by atomic mass is 9.94. The molecule has 0 aromatic rings. The highest BCUT2D eigenvalue weighted by molar-refractivity contribution is 5.90. The molecule has 2 bridgehead atoms. The molecule has 22 heavy (non-hydrogen) atoms. The van der Waals surface area contributed by atoms with Crippen LogP contribution in [0.5, 0.6) is 0 Å². The maximum atomic E-state index is 12.0. The average Bonchev–Trinajstić information content (AvgIpc) is 2.77. The molecular weight excluding hydrogens is 272 g/mol. The van der Waals surface area contributed by atoms with Crippen molar-refractivity contribution in [2.24, 2.45) is 5.92 Å². The lowest BCUT2D eigenvalue weighted by molar-refractivity contribution is -0.139. The van der Waals surface area contributed by atoms with E-state index in [-0.39, 0.29) is 12.1 Å². The van der Waals surface area contributed by atoms with Crippen LogP contribution < -0.4 is 0 Å². The van der Waals surface area contributed by atoms with Gasteiger partial charge < -0.3 is 4.74 Å². The number of rotatable bonds is 1. The lowest BCUT2D eigenvalue weighted by Crippen LogP contribution is -2.08. The van der Waals surface area contributed by atoms with Crippen molar-refractivity contribution in [3.8, 4) is 0 Å². The van der Waals surface area contributed by atoms with E-state index < -0.39 is 0 Å². The van der Waals surface area contributed by atoms with E-state index >= 15 is 0 Å². The first kappa shape index (κ1) is 16.8. The predicted octanol–water partition coefficient (Wildman–Crippen LogP) is 5.28. The Kier molecular flexibility index (Phi) is 5.82. The van der Waals surface area contributed by atoms with E-state index in [9.17, 15) is 4.79 Å². The van der Waals surface area contributed by atoms with Crippen molar-refractivity contribution >= 4 is 5.97 Å². The zero-order chi connectivity index (χ0) is 16.1. The quantitative estimate of drug-likeness (QED) is 0.486. The van der Waals surface area contributed by atoms with Crippen LogP contribution in [-0.2, 0) is 9.53 Å². The van der Waals surface area contributed by atoms with Gasteiger partial charge in [0.15, 0.2) is 0 Å². The number of fused-ring (bicyclic) bond motifs is 1. The maximum absolute atomic E-state index is 12.0. The molecule has 0 aromatic carbocycles. The second-order valence-electron chi connectivity index (χ2n) is 6.84. The molecule has 120 valence electrons. The number of carbonyl (C=O) groups is 1. The van der Waals surface area contributed by atoms with Crippen LogP contribution in [0, 0.1) is 5.92 Å². The standard InChI is InChI=1S/C20H28O2/c1-14(2)17-9-8-15(3)6-5-7-16(4)12-19-13-18(11-10-17)20(21)22-19/h7-9,13-14,19H,5-6,10-12H2,1-4H3/t19-/m0/s1. The van der Waals surface area contributed by atoms with Gasteiger partial charge in [-0.2, -0.15) is 0 Å². The van der Waals surface area contributed by atoms with Crippen molar-refractivity contribution in [1.29, 1.82) is 0 Å². The molecule has 0 spiro atoms. The van der Waals surface area contributed by atoms with Gasteiger partial charge in [0.25, 0.3) is 0 Å². The second kappa shape index (κ2) is 7.62. The summed E-state index contributed by atoms with van der Waals surface area (Å²) in [7, 11) is 0. The molecular formula is C20H28O2. The van der Waals surface area contributed by atoms with Crippen molar-refractivity contribution in [2.75, 3.05) is 0 Å². The minimum absolute atomic E-state index is 0.0650. The summed E-state index contributed by atoms with van der Waals surface area (Å²) in [6, 6.07) is 0. The van der Waals surface area contributed by atoms with Gasteiger partial charge in [-0.25, -0.2) is 4.79 Å². The third kappa shape index (κ3) is 4.72. The summed E-state index contributed by atoms with van der Waals surface area (Å²) < 4.78 is 5.48. The Morgan fingerprint density at radius 3 is 2.59 bits per heavy atom. The molecule has 2 nitrogen and oxygen atoms in total. The highest BCUT2D eigenvalue weighted by Gasteiger charge is 2.25. The Hall–Kier alpha value is -1.57. The van der Waals surface area contributed by atoms with Crippen molar-refractivity contribution in [2.45, 2.75) is 65.9 Å². The van der Waals surface area contributed by atoms with Gasteiger partial charge in [0.2, 0.25) is 0 Å². The van der Waals surface area contributed by atoms with E-state index in [0.29, 0.717) is 5.92 Å². The first-order valence-electron chi connectivity index (χ1n) is 8.39. The Balaban J connectivity index is 2.23. The van der Waals surface area contributed by atoms with Gasteiger partial charge >= 0.3 is 5.97 Å². The van der Waals surface area contributed by atoms with Crippen molar-refractivity contribution in [3.05, 3.63) is 46.6 Å². The van der Waals surface area contributed by atoms with Gasteiger partial charge in [0.05, 0.1) is 0 Å². The highest BCUT2D eigenvalue weighted by Crippen LogP contribution is 2.27. The number of ether oxygens (including phenoxy) is 1. The zero-order valence-corrected chi connectivity index (χ0v) is 14.3. The largest absolute Gasteiger partial charge is 0.454 e. The molecule has 2 heteroatoms. The van der Waals surface area contributed by atoms with Gasteiger partial charge in [-0.3, -0.25) is 0 Å². The second-order valence-corrected chi connectivity index (χ2v) is 6.84. The van der Waals surface area contributed by atoms with Crippen molar-refractivity contribution in [1.82, 2.24) is 0 Å². The van der Waals surface area contributed by atoms with Crippen molar-refractivity contribution < 1.29 is 9.53 Å². The summed E-state index contributed by atoms with van der Waals surface area (Å²) in [5, 5.41) is 0. The number of carbonyl (C=O) groups excluding carboxylic acids is 1. The van der Waals surface area contributed by atoms with Gasteiger partial charge in [-0.1, -0.05) is 48.8 Å². The van der Waals surface area contributed by atoms with E-state index in [2.05, 4.69) is 45.9 Å². The molecule has 0 fully saturated rings. The predicted molar refractivity (Wildman–Crippen MR) is 91.5 cm³/mol. The first-order valence-corrected chi connectivity index (χ1v) is 8.39. The maximum Gasteiger partial charge on any atom is 0.334 e. The van der Waals surface area contributed by atoms with Crippen LogP contribution in [0.3, 0.4) is 0 Å². The van der Waals surface area contributed by atoms with Gasteiger partial charge in [-0.15, -0.1) is 0 Å². The molecule has 0 N–H and O–H groups in total. The summed E-state index contributed by atoms with van der Waals surface area (Å²) in [4.78, 5) is 12.0. The van der Waals surface area contributed by atoms with E-state index in [1.54, 1.807) is 0 Å². The third-order valence-electron chi connectivity index (χ3n) is 4.47. The first-order chi connectivity index (χ1) is 10.5. The van der Waals surface area contributed by atoms with E-state index in [1.165, 1.54) is 16.7 Å². The number of hydrogen-bond acceptors (Lipinski definition) is 2. The molecule has 0 radical (unpaired) electrons. The normalized spacial score (nSPS) is 24.0. The molecule has 0 saturated carbocycles. The SMILES string of the molecule is CC1=CC=C(C(C)C)CCC2=C[C@H](CC(C)=CCC1)OC2=O. The number of hydrogen-bond donors (Lipinski definition) is 0. The summed E-state index contributed by atoms with van der Waals surface area (Å²) in [6.07, 6.45) is 13.4. The van der Waals surface area contributed by atoms with Crippen LogP contribution >= 0.6 is 0 Å². The Morgan fingerprint density at radius 2 is 1.86 bits per heavy atom. The van der Waals surface area contributed by atoms with Crippen LogP contribution in [-0.4, -0.2) is 12.1 Å². The van der Waals surface area contributed by atoms with Gasteiger partial charge in [-0.05, 0) is 51.5 Å². The van der Waals surface area contributed by atoms with Gasteiger partial charge in [0.1, 0.15) is 6.10 Å². The topological polar surface area (TPSA) is 26.3 Å². The molecule has 0 unspecified atom stereocenters. The summed E-state index contributed by atoms with van der Waals surface area (Å²) in [6.45, 7) is 8.76. The average molecular weight is 300 g/mol. The molecule has 0 saturated heterocycles. The monoisotopic (exact) mass is 300 g/mol. The van der Waals surface area contributed by atoms with Gasteiger partial charge in [0, 0.05) is 12.0 Å². The minimum Gasteiger partial charge on any atom is -0.454 e. The fraction of sp³-hybridized carbons (Fsp3) is 0.550. The third-order valence-corrected chi connectivity index (χ3v) is 4.47. The van der Waals surface area contributed by atoms with Crippen LogP contribution in [0.25, 0.3) is 0 Å².